The fourth-order valence-corrected chi connectivity index (χ4v) is 1.59. The molecule has 0 aromatic carbocycles. The topological polar surface area (TPSA) is 9.23 Å². The number of ether oxygens (including phenoxy) is 1. The number of allylic oxidation sites excluding steroid dienone is 3. The van der Waals surface area contributed by atoms with E-state index in [2.05, 4.69) is 40.9 Å². The average Bonchev–Trinajstić information content (AvgIpc) is 2.15. The molecule has 0 radical (unpaired) electrons. The van der Waals surface area contributed by atoms with Crippen molar-refractivity contribution in [1.82, 2.24) is 0 Å². The van der Waals surface area contributed by atoms with Crippen LogP contribution < -0.4 is 0 Å². The molecule has 0 saturated heterocycles. The summed E-state index contributed by atoms with van der Waals surface area (Å²) < 4.78 is 5.72. The second-order valence-corrected chi connectivity index (χ2v) is 4.52. The summed E-state index contributed by atoms with van der Waals surface area (Å²) in [7, 11) is 0. The molecule has 16 heavy (non-hydrogen) atoms. The molecule has 0 rings (SSSR count). The second-order valence-electron chi connectivity index (χ2n) is 4.52. The molecule has 1 heteroatoms. The summed E-state index contributed by atoms with van der Waals surface area (Å²) in [6.45, 7) is 20.0. The minimum Gasteiger partial charge on any atom is -0.488 e. The molecular formula is C15H28O. The maximum atomic E-state index is 5.72. The lowest BCUT2D eigenvalue weighted by atomic mass is 9.96. The predicted molar refractivity (Wildman–Crippen MR) is 74.4 cm³/mol. The van der Waals surface area contributed by atoms with Gasteiger partial charge in [0, 0.05) is 0 Å². The maximum absolute atomic E-state index is 5.72. The van der Waals surface area contributed by atoms with Crippen LogP contribution in [0.4, 0.5) is 0 Å². The normalized spacial score (nSPS) is 10.9. The third kappa shape index (κ3) is 11.1. The van der Waals surface area contributed by atoms with Crippen molar-refractivity contribution in [3.05, 3.63) is 37.1 Å². The molecule has 0 heterocycles. The Bertz CT molecular complexity index is 222. The van der Waals surface area contributed by atoms with E-state index < -0.39 is 0 Å². The number of hydrogen-bond donors (Lipinski definition) is 0. The molecule has 94 valence electrons. The van der Waals surface area contributed by atoms with Gasteiger partial charge in [-0.1, -0.05) is 53.0 Å². The third-order valence-corrected chi connectivity index (χ3v) is 1.73. The maximum Gasteiger partial charge on any atom is 0.112 e. The highest BCUT2D eigenvalue weighted by atomic mass is 16.5. The van der Waals surface area contributed by atoms with E-state index in [1.54, 1.807) is 6.08 Å². The van der Waals surface area contributed by atoms with Gasteiger partial charge in [-0.15, -0.1) is 0 Å². The van der Waals surface area contributed by atoms with Gasteiger partial charge in [0.1, 0.15) is 11.4 Å². The van der Waals surface area contributed by atoms with Gasteiger partial charge in [-0.05, 0) is 32.3 Å². The van der Waals surface area contributed by atoms with Crippen LogP contribution >= 0.6 is 0 Å². The molecule has 0 aliphatic heterocycles. The van der Waals surface area contributed by atoms with Gasteiger partial charge in [-0.3, -0.25) is 0 Å². The lowest BCUT2D eigenvalue weighted by molar-refractivity contribution is 0.0244. The quantitative estimate of drug-likeness (QED) is 0.450. The molecule has 0 aliphatic rings. The SMILES string of the molecule is C=C/C=C\C(=C)OC(C)(C)CC(C)C.CC. The van der Waals surface area contributed by atoms with Crippen molar-refractivity contribution in [2.24, 2.45) is 5.92 Å². The van der Waals surface area contributed by atoms with Gasteiger partial charge in [0.25, 0.3) is 0 Å². The molecular weight excluding hydrogens is 196 g/mol. The van der Waals surface area contributed by atoms with Gasteiger partial charge < -0.3 is 4.74 Å². The highest BCUT2D eigenvalue weighted by molar-refractivity contribution is 5.13. The Balaban J connectivity index is 0. The first-order valence-electron chi connectivity index (χ1n) is 6.04. The first kappa shape index (κ1) is 17.4. The van der Waals surface area contributed by atoms with Crippen LogP contribution in [0.3, 0.4) is 0 Å². The van der Waals surface area contributed by atoms with Crippen molar-refractivity contribution >= 4 is 0 Å². The van der Waals surface area contributed by atoms with Crippen LogP contribution in [0.5, 0.6) is 0 Å². The summed E-state index contributed by atoms with van der Waals surface area (Å²) in [6.07, 6.45) is 6.39. The molecule has 0 unspecified atom stereocenters. The van der Waals surface area contributed by atoms with Crippen molar-refractivity contribution in [3.8, 4) is 0 Å². The zero-order chi connectivity index (χ0) is 13.2. The molecule has 0 aromatic rings. The Kier molecular flexibility index (Phi) is 10.1. The van der Waals surface area contributed by atoms with E-state index in [9.17, 15) is 0 Å². The van der Waals surface area contributed by atoms with E-state index in [0.29, 0.717) is 11.7 Å². The minimum atomic E-state index is -0.142. The minimum absolute atomic E-state index is 0.142. The molecule has 0 amide bonds. The van der Waals surface area contributed by atoms with Crippen LogP contribution in [-0.4, -0.2) is 5.60 Å². The third-order valence-electron chi connectivity index (χ3n) is 1.73. The zero-order valence-corrected chi connectivity index (χ0v) is 11.8. The van der Waals surface area contributed by atoms with Crippen molar-refractivity contribution in [2.45, 2.75) is 53.6 Å². The van der Waals surface area contributed by atoms with Crippen LogP contribution in [0.15, 0.2) is 37.1 Å². The Hall–Kier alpha value is -0.980. The lowest BCUT2D eigenvalue weighted by Crippen LogP contribution is -2.25. The first-order valence-corrected chi connectivity index (χ1v) is 6.04. The number of rotatable bonds is 6. The molecule has 1 nitrogen and oxygen atoms in total. The van der Waals surface area contributed by atoms with E-state index in [4.69, 9.17) is 4.74 Å². The van der Waals surface area contributed by atoms with Gasteiger partial charge in [0.2, 0.25) is 0 Å². The Morgan fingerprint density at radius 2 is 1.81 bits per heavy atom. The van der Waals surface area contributed by atoms with E-state index in [-0.39, 0.29) is 5.60 Å². The van der Waals surface area contributed by atoms with Crippen LogP contribution in [0.1, 0.15) is 48.0 Å². The largest absolute Gasteiger partial charge is 0.488 e. The fraction of sp³-hybridized carbons (Fsp3) is 0.600. The van der Waals surface area contributed by atoms with Crippen LogP contribution in [0, 0.1) is 5.92 Å². The molecule has 0 aliphatic carbocycles. The smallest absolute Gasteiger partial charge is 0.112 e. The molecule has 0 spiro atoms. The van der Waals surface area contributed by atoms with Gasteiger partial charge in [0.05, 0.1) is 0 Å². The van der Waals surface area contributed by atoms with Crippen LogP contribution in [0.25, 0.3) is 0 Å². The fourth-order valence-electron chi connectivity index (χ4n) is 1.59. The molecule has 0 bridgehead atoms. The number of hydrogen-bond acceptors (Lipinski definition) is 1. The van der Waals surface area contributed by atoms with E-state index in [1.807, 2.05) is 26.0 Å². The highest BCUT2D eigenvalue weighted by Gasteiger charge is 2.20. The summed E-state index contributed by atoms with van der Waals surface area (Å²) in [4.78, 5) is 0. The van der Waals surface area contributed by atoms with Crippen molar-refractivity contribution < 1.29 is 4.74 Å². The monoisotopic (exact) mass is 224 g/mol. The zero-order valence-electron chi connectivity index (χ0n) is 11.8. The molecule has 0 atom stereocenters. The Labute approximate surface area is 102 Å². The van der Waals surface area contributed by atoms with Gasteiger partial charge in [-0.25, -0.2) is 0 Å². The summed E-state index contributed by atoms with van der Waals surface area (Å²) in [5, 5.41) is 0. The highest BCUT2D eigenvalue weighted by Crippen LogP contribution is 2.22. The summed E-state index contributed by atoms with van der Waals surface area (Å²) >= 11 is 0. The van der Waals surface area contributed by atoms with Gasteiger partial charge in [0.15, 0.2) is 0 Å². The Morgan fingerprint density at radius 1 is 1.31 bits per heavy atom. The second kappa shape index (κ2) is 9.26. The average molecular weight is 224 g/mol. The summed E-state index contributed by atoms with van der Waals surface area (Å²) in [5.74, 6) is 1.32. The van der Waals surface area contributed by atoms with Gasteiger partial charge in [-0.2, -0.15) is 0 Å². The van der Waals surface area contributed by atoms with Crippen LogP contribution in [-0.2, 0) is 4.74 Å². The van der Waals surface area contributed by atoms with Crippen LogP contribution in [0.2, 0.25) is 0 Å². The van der Waals surface area contributed by atoms with E-state index in [0.717, 1.165) is 6.42 Å². The molecule has 0 aromatic heterocycles. The van der Waals surface area contributed by atoms with E-state index in [1.165, 1.54) is 0 Å². The van der Waals surface area contributed by atoms with E-state index >= 15 is 0 Å². The molecule has 0 saturated carbocycles. The summed E-state index contributed by atoms with van der Waals surface area (Å²) in [6, 6.07) is 0. The molecule has 0 fully saturated rings. The molecule has 0 N–H and O–H groups in total. The predicted octanol–water partition coefficient (Wildman–Crippen LogP) is 5.11. The first-order chi connectivity index (χ1) is 7.37. The summed E-state index contributed by atoms with van der Waals surface area (Å²) in [5.41, 5.74) is -0.142. The Morgan fingerprint density at radius 3 is 2.19 bits per heavy atom. The standard InChI is InChI=1S/C13H22O.C2H6/c1-7-8-9-12(4)14-13(5,6)10-11(2)3;1-2/h7-9,11H,1,4,10H2,2-3,5-6H3;1-2H3/b9-8-;. The van der Waals surface area contributed by atoms with Crippen molar-refractivity contribution in [1.29, 1.82) is 0 Å². The van der Waals surface area contributed by atoms with Crippen molar-refractivity contribution in [2.75, 3.05) is 0 Å². The lowest BCUT2D eigenvalue weighted by Gasteiger charge is -2.28. The van der Waals surface area contributed by atoms with Crippen molar-refractivity contribution in [3.63, 3.8) is 0 Å². The van der Waals surface area contributed by atoms with Gasteiger partial charge >= 0.3 is 0 Å².